The molecule has 0 aliphatic rings. The average Bonchev–Trinajstić information content (AvgIpc) is 2.24. The van der Waals surface area contributed by atoms with E-state index in [1.165, 1.54) is 5.56 Å². The highest BCUT2D eigenvalue weighted by Gasteiger charge is 2.03. The first kappa shape index (κ1) is 12.8. The molecule has 1 aromatic rings. The molecule has 0 heterocycles. The number of methoxy groups -OCH3 is 1. The van der Waals surface area contributed by atoms with Gasteiger partial charge in [0.15, 0.2) is 0 Å². The Balaban J connectivity index is 2.67. The van der Waals surface area contributed by atoms with E-state index in [2.05, 4.69) is 24.0 Å². The topological polar surface area (TPSA) is 35.2 Å². The second kappa shape index (κ2) is 5.69. The summed E-state index contributed by atoms with van der Waals surface area (Å²) in [6, 6.07) is 8.19. The number of nitrogens with two attached hydrogens (primary N) is 1. The van der Waals surface area contributed by atoms with E-state index in [1.807, 2.05) is 26.0 Å². The van der Waals surface area contributed by atoms with E-state index >= 15 is 0 Å². The van der Waals surface area contributed by atoms with Crippen LogP contribution < -0.4 is 5.73 Å². The maximum absolute atomic E-state index is 5.79. The van der Waals surface area contributed by atoms with Crippen molar-refractivity contribution in [1.82, 2.24) is 0 Å². The standard InChI is InChI=1S/C14H19NO/c1-14(2,15)10-8-12-4-6-13(7-5-12)9-11-16-3/h4-7H,9,11,15H2,1-3H3. The van der Waals surface area contributed by atoms with Crippen LogP contribution in [0.25, 0.3) is 0 Å². The molecule has 2 N–H and O–H groups in total. The molecule has 0 saturated heterocycles. The summed E-state index contributed by atoms with van der Waals surface area (Å²) in [5.74, 6) is 6.07. The minimum absolute atomic E-state index is 0.436. The Bertz CT molecular complexity index is 376. The van der Waals surface area contributed by atoms with Crippen molar-refractivity contribution in [2.24, 2.45) is 5.73 Å². The van der Waals surface area contributed by atoms with E-state index in [9.17, 15) is 0 Å². The molecular formula is C14H19NO. The fourth-order valence-electron chi connectivity index (χ4n) is 1.21. The van der Waals surface area contributed by atoms with Gasteiger partial charge in [0.05, 0.1) is 12.1 Å². The van der Waals surface area contributed by atoms with Gasteiger partial charge in [0, 0.05) is 12.7 Å². The molecule has 0 saturated carbocycles. The predicted octanol–water partition coefficient (Wildman–Crippen LogP) is 1.96. The van der Waals surface area contributed by atoms with Gasteiger partial charge >= 0.3 is 0 Å². The number of ether oxygens (including phenoxy) is 1. The van der Waals surface area contributed by atoms with Crippen molar-refractivity contribution < 1.29 is 4.74 Å². The zero-order chi connectivity index (χ0) is 12.0. The van der Waals surface area contributed by atoms with Crippen molar-refractivity contribution >= 4 is 0 Å². The summed E-state index contributed by atoms with van der Waals surface area (Å²) in [5.41, 5.74) is 7.62. The molecule has 2 heteroatoms. The lowest BCUT2D eigenvalue weighted by Crippen LogP contribution is -2.29. The van der Waals surface area contributed by atoms with Crippen molar-refractivity contribution in [3.63, 3.8) is 0 Å². The van der Waals surface area contributed by atoms with Crippen LogP contribution in [0.5, 0.6) is 0 Å². The Kier molecular flexibility index (Phi) is 4.54. The van der Waals surface area contributed by atoms with Crippen molar-refractivity contribution in [2.75, 3.05) is 13.7 Å². The third-order valence-electron chi connectivity index (χ3n) is 2.08. The van der Waals surface area contributed by atoms with Crippen LogP contribution in [0.2, 0.25) is 0 Å². The molecule has 0 bridgehead atoms. The molecule has 0 spiro atoms. The Morgan fingerprint density at radius 3 is 2.38 bits per heavy atom. The Hall–Kier alpha value is -1.30. The summed E-state index contributed by atoms with van der Waals surface area (Å²) in [6.07, 6.45) is 0.937. The van der Waals surface area contributed by atoms with Crippen LogP contribution in [0.4, 0.5) is 0 Å². The molecule has 0 radical (unpaired) electrons. The van der Waals surface area contributed by atoms with Gasteiger partial charge in [0.2, 0.25) is 0 Å². The smallest absolute Gasteiger partial charge is 0.0722 e. The number of hydrogen-bond acceptors (Lipinski definition) is 2. The second-order valence-corrected chi connectivity index (χ2v) is 4.41. The van der Waals surface area contributed by atoms with Crippen LogP contribution in [0.3, 0.4) is 0 Å². The second-order valence-electron chi connectivity index (χ2n) is 4.41. The highest BCUT2D eigenvalue weighted by molar-refractivity contribution is 5.37. The molecule has 0 aromatic heterocycles. The molecule has 0 aliphatic carbocycles. The van der Waals surface area contributed by atoms with Gasteiger partial charge in [-0.1, -0.05) is 24.0 Å². The highest BCUT2D eigenvalue weighted by atomic mass is 16.5. The Labute approximate surface area is 97.8 Å². The molecule has 1 aromatic carbocycles. The van der Waals surface area contributed by atoms with E-state index in [0.29, 0.717) is 0 Å². The summed E-state index contributed by atoms with van der Waals surface area (Å²) in [7, 11) is 1.71. The lowest BCUT2D eigenvalue weighted by molar-refractivity contribution is 0.202. The van der Waals surface area contributed by atoms with Gasteiger partial charge in [-0.25, -0.2) is 0 Å². The normalized spacial score (nSPS) is 10.8. The summed E-state index contributed by atoms with van der Waals surface area (Å²) in [5, 5.41) is 0. The SMILES string of the molecule is COCCc1ccc(C#CC(C)(C)N)cc1. The fourth-order valence-corrected chi connectivity index (χ4v) is 1.21. The molecule has 0 unspecified atom stereocenters. The molecule has 2 nitrogen and oxygen atoms in total. The quantitative estimate of drug-likeness (QED) is 0.786. The zero-order valence-electron chi connectivity index (χ0n) is 10.2. The van der Waals surface area contributed by atoms with E-state index in [1.54, 1.807) is 7.11 Å². The Morgan fingerprint density at radius 1 is 1.25 bits per heavy atom. The summed E-state index contributed by atoms with van der Waals surface area (Å²) < 4.78 is 5.02. The molecule has 0 amide bonds. The number of benzene rings is 1. The van der Waals surface area contributed by atoms with Gasteiger partial charge in [-0.2, -0.15) is 0 Å². The third kappa shape index (κ3) is 4.97. The van der Waals surface area contributed by atoms with Crippen molar-refractivity contribution in [3.05, 3.63) is 35.4 Å². The molecular weight excluding hydrogens is 198 g/mol. The molecule has 0 atom stereocenters. The molecule has 0 aliphatic heterocycles. The van der Waals surface area contributed by atoms with Gasteiger partial charge in [-0.15, -0.1) is 0 Å². The summed E-state index contributed by atoms with van der Waals surface area (Å²) in [6.45, 7) is 4.54. The van der Waals surface area contributed by atoms with Crippen molar-refractivity contribution in [3.8, 4) is 11.8 Å². The first-order valence-corrected chi connectivity index (χ1v) is 5.41. The van der Waals surface area contributed by atoms with Crippen LogP contribution in [0.15, 0.2) is 24.3 Å². The number of rotatable bonds is 3. The van der Waals surface area contributed by atoms with Crippen molar-refractivity contribution in [2.45, 2.75) is 25.8 Å². The minimum Gasteiger partial charge on any atom is -0.384 e. The molecule has 86 valence electrons. The summed E-state index contributed by atoms with van der Waals surface area (Å²) in [4.78, 5) is 0. The maximum atomic E-state index is 5.79. The largest absolute Gasteiger partial charge is 0.384 e. The van der Waals surface area contributed by atoms with Crippen LogP contribution >= 0.6 is 0 Å². The van der Waals surface area contributed by atoms with Gasteiger partial charge in [-0.05, 0) is 38.0 Å². The van der Waals surface area contributed by atoms with E-state index in [-0.39, 0.29) is 0 Å². The third-order valence-corrected chi connectivity index (χ3v) is 2.08. The molecule has 16 heavy (non-hydrogen) atoms. The molecule has 0 fully saturated rings. The van der Waals surface area contributed by atoms with Gasteiger partial charge in [-0.3, -0.25) is 0 Å². The minimum atomic E-state index is -0.436. The lowest BCUT2D eigenvalue weighted by atomic mass is 10.1. The van der Waals surface area contributed by atoms with Gasteiger partial charge < -0.3 is 10.5 Å². The highest BCUT2D eigenvalue weighted by Crippen LogP contribution is 2.05. The predicted molar refractivity (Wildman–Crippen MR) is 67.2 cm³/mol. The monoisotopic (exact) mass is 217 g/mol. The Morgan fingerprint density at radius 2 is 1.88 bits per heavy atom. The van der Waals surface area contributed by atoms with Gasteiger partial charge in [0.1, 0.15) is 0 Å². The average molecular weight is 217 g/mol. The summed E-state index contributed by atoms with van der Waals surface area (Å²) >= 11 is 0. The molecule has 1 rings (SSSR count). The van der Waals surface area contributed by atoms with E-state index in [4.69, 9.17) is 10.5 Å². The zero-order valence-corrected chi connectivity index (χ0v) is 10.2. The first-order chi connectivity index (χ1) is 7.51. The number of hydrogen-bond donors (Lipinski definition) is 1. The lowest BCUT2D eigenvalue weighted by Gasteiger charge is -2.07. The van der Waals surface area contributed by atoms with E-state index in [0.717, 1.165) is 18.6 Å². The van der Waals surface area contributed by atoms with Crippen LogP contribution in [0.1, 0.15) is 25.0 Å². The first-order valence-electron chi connectivity index (χ1n) is 5.41. The van der Waals surface area contributed by atoms with Crippen LogP contribution in [-0.2, 0) is 11.2 Å². The van der Waals surface area contributed by atoms with E-state index < -0.39 is 5.54 Å². The maximum Gasteiger partial charge on any atom is 0.0722 e. The van der Waals surface area contributed by atoms with Crippen molar-refractivity contribution in [1.29, 1.82) is 0 Å². The van der Waals surface area contributed by atoms with Crippen LogP contribution in [0, 0.1) is 11.8 Å². The van der Waals surface area contributed by atoms with Crippen LogP contribution in [-0.4, -0.2) is 19.3 Å². The van der Waals surface area contributed by atoms with Gasteiger partial charge in [0.25, 0.3) is 0 Å². The fraction of sp³-hybridized carbons (Fsp3) is 0.429.